The van der Waals surface area contributed by atoms with Crippen molar-refractivity contribution < 1.29 is 14.0 Å². The molecule has 108 valence electrons. The van der Waals surface area contributed by atoms with E-state index in [4.69, 9.17) is 19.3 Å². The van der Waals surface area contributed by atoms with E-state index in [1.165, 1.54) is 0 Å². The van der Waals surface area contributed by atoms with Crippen molar-refractivity contribution in [3.8, 4) is 17.6 Å². The number of rotatable bonds is 4. The van der Waals surface area contributed by atoms with Crippen molar-refractivity contribution >= 4 is 0 Å². The Labute approximate surface area is 121 Å². The van der Waals surface area contributed by atoms with Crippen molar-refractivity contribution in [2.75, 3.05) is 20.2 Å². The molecule has 7 nitrogen and oxygen atoms in total. The van der Waals surface area contributed by atoms with Crippen LogP contribution >= 0.6 is 0 Å². The van der Waals surface area contributed by atoms with E-state index < -0.39 is 6.10 Å². The summed E-state index contributed by atoms with van der Waals surface area (Å²) in [6, 6.07) is 9.51. The van der Waals surface area contributed by atoms with Gasteiger partial charge in [0.2, 0.25) is 6.10 Å². The molecule has 1 aliphatic heterocycles. The minimum atomic E-state index is -0.414. The van der Waals surface area contributed by atoms with E-state index in [1.807, 2.05) is 31.3 Å². The van der Waals surface area contributed by atoms with E-state index in [0.29, 0.717) is 42.9 Å². The molecule has 2 aromatic rings. The average Bonchev–Trinajstić information content (AvgIpc) is 2.95. The van der Waals surface area contributed by atoms with E-state index in [2.05, 4.69) is 16.2 Å². The molecule has 1 aromatic heterocycles. The van der Waals surface area contributed by atoms with Crippen molar-refractivity contribution in [3.63, 3.8) is 0 Å². The fourth-order valence-electron chi connectivity index (χ4n) is 2.02. The highest BCUT2D eigenvalue weighted by Gasteiger charge is 2.27. The highest BCUT2D eigenvalue weighted by atomic mass is 16.6. The van der Waals surface area contributed by atoms with Crippen LogP contribution in [0.4, 0.5) is 0 Å². The summed E-state index contributed by atoms with van der Waals surface area (Å²) in [5.41, 5.74) is 0. The Balaban J connectivity index is 1.69. The molecule has 1 aromatic carbocycles. The van der Waals surface area contributed by atoms with E-state index in [9.17, 15) is 0 Å². The second kappa shape index (κ2) is 5.81. The molecular weight excluding hydrogens is 272 g/mol. The second-order valence-corrected chi connectivity index (χ2v) is 4.74. The van der Waals surface area contributed by atoms with Crippen LogP contribution in [-0.4, -0.2) is 35.2 Å². The van der Waals surface area contributed by atoms with Gasteiger partial charge in [0.1, 0.15) is 6.61 Å². The van der Waals surface area contributed by atoms with Crippen molar-refractivity contribution in [1.29, 1.82) is 5.26 Å². The van der Waals surface area contributed by atoms with E-state index in [-0.39, 0.29) is 0 Å². The zero-order valence-corrected chi connectivity index (χ0v) is 11.5. The Bertz CT molecular complexity index is 664. The third-order valence-electron chi connectivity index (χ3n) is 3.02. The number of nitrogens with zero attached hydrogens (tertiary/aromatic N) is 4. The van der Waals surface area contributed by atoms with Gasteiger partial charge in [0.15, 0.2) is 17.3 Å². The summed E-state index contributed by atoms with van der Waals surface area (Å²) in [7, 11) is 1.82. The van der Waals surface area contributed by atoms with E-state index in [1.54, 1.807) is 4.90 Å². The zero-order chi connectivity index (χ0) is 14.7. The van der Waals surface area contributed by atoms with E-state index >= 15 is 0 Å². The molecule has 0 saturated carbocycles. The first-order valence-corrected chi connectivity index (χ1v) is 6.52. The largest absolute Gasteiger partial charge is 0.485 e. The van der Waals surface area contributed by atoms with Gasteiger partial charge in [-0.25, -0.2) is 0 Å². The van der Waals surface area contributed by atoms with Gasteiger partial charge in [0.25, 0.3) is 5.89 Å². The lowest BCUT2D eigenvalue weighted by Gasteiger charge is -2.23. The molecule has 1 atom stereocenters. The molecule has 1 unspecified atom stereocenters. The van der Waals surface area contributed by atoms with Gasteiger partial charge < -0.3 is 14.0 Å². The smallest absolute Gasteiger partial charge is 0.271 e. The fourth-order valence-corrected chi connectivity index (χ4v) is 2.02. The maximum absolute atomic E-state index is 8.62. The van der Waals surface area contributed by atoms with Crippen molar-refractivity contribution in [3.05, 3.63) is 36.0 Å². The number of benzene rings is 1. The van der Waals surface area contributed by atoms with Crippen LogP contribution in [0.15, 0.2) is 28.8 Å². The van der Waals surface area contributed by atoms with Gasteiger partial charge in [-0.15, -0.1) is 0 Å². The summed E-state index contributed by atoms with van der Waals surface area (Å²) >= 11 is 0. The molecule has 2 heterocycles. The number of para-hydroxylation sites is 2. The molecular formula is C14H14N4O3. The lowest BCUT2D eigenvalue weighted by Crippen LogP contribution is -2.22. The van der Waals surface area contributed by atoms with Crippen molar-refractivity contribution in [1.82, 2.24) is 15.0 Å². The van der Waals surface area contributed by atoms with Gasteiger partial charge in [-0.3, -0.25) is 4.90 Å². The zero-order valence-electron chi connectivity index (χ0n) is 11.5. The van der Waals surface area contributed by atoms with Gasteiger partial charge >= 0.3 is 0 Å². The first-order chi connectivity index (χ1) is 10.3. The normalized spacial score (nSPS) is 16.7. The summed E-state index contributed by atoms with van der Waals surface area (Å²) in [4.78, 5) is 6.09. The maximum atomic E-state index is 8.62. The summed E-state index contributed by atoms with van der Waals surface area (Å²) in [5.74, 6) is 2.27. The summed E-state index contributed by atoms with van der Waals surface area (Å²) in [6.45, 7) is 1.08. The third-order valence-corrected chi connectivity index (χ3v) is 3.02. The van der Waals surface area contributed by atoms with Crippen LogP contribution in [0.3, 0.4) is 0 Å². The first kappa shape index (κ1) is 13.4. The van der Waals surface area contributed by atoms with Gasteiger partial charge in [-0.1, -0.05) is 17.3 Å². The van der Waals surface area contributed by atoms with Crippen LogP contribution in [0, 0.1) is 11.3 Å². The van der Waals surface area contributed by atoms with E-state index in [0.717, 1.165) is 0 Å². The Morgan fingerprint density at radius 3 is 3.00 bits per heavy atom. The summed E-state index contributed by atoms with van der Waals surface area (Å²) in [5, 5.41) is 12.5. The molecule has 0 aliphatic carbocycles. The van der Waals surface area contributed by atoms with Crippen LogP contribution in [0.2, 0.25) is 0 Å². The van der Waals surface area contributed by atoms with Crippen LogP contribution in [0.5, 0.6) is 11.5 Å². The van der Waals surface area contributed by atoms with Gasteiger partial charge in [0, 0.05) is 0 Å². The standard InChI is InChI=1S/C14H14N4O3/c1-18(7-6-15)8-13-16-14(21-17-13)12-9-19-10-4-2-3-5-11(10)20-12/h2-5,12H,7-9H2,1H3. The molecule has 0 spiro atoms. The molecule has 21 heavy (non-hydrogen) atoms. The predicted molar refractivity (Wildman–Crippen MR) is 71.6 cm³/mol. The molecule has 7 heteroatoms. The monoisotopic (exact) mass is 286 g/mol. The highest BCUT2D eigenvalue weighted by molar-refractivity contribution is 5.40. The fraction of sp³-hybridized carbons (Fsp3) is 0.357. The molecule has 0 bridgehead atoms. The Morgan fingerprint density at radius 2 is 2.19 bits per heavy atom. The van der Waals surface area contributed by atoms with Crippen LogP contribution in [-0.2, 0) is 6.54 Å². The number of aromatic nitrogens is 2. The first-order valence-electron chi connectivity index (χ1n) is 6.52. The Hall–Kier alpha value is -2.59. The number of fused-ring (bicyclic) bond motifs is 1. The summed E-state index contributed by atoms with van der Waals surface area (Å²) < 4.78 is 16.6. The average molecular weight is 286 g/mol. The minimum absolute atomic E-state index is 0.306. The Morgan fingerprint density at radius 1 is 1.38 bits per heavy atom. The minimum Gasteiger partial charge on any atom is -0.485 e. The highest BCUT2D eigenvalue weighted by Crippen LogP contribution is 2.35. The maximum Gasteiger partial charge on any atom is 0.271 e. The number of ether oxygens (including phenoxy) is 2. The second-order valence-electron chi connectivity index (χ2n) is 4.74. The number of hydrogen-bond donors (Lipinski definition) is 0. The molecule has 0 saturated heterocycles. The third kappa shape index (κ3) is 2.95. The molecule has 0 amide bonds. The topological polar surface area (TPSA) is 84.4 Å². The Kier molecular flexibility index (Phi) is 3.71. The van der Waals surface area contributed by atoms with Crippen molar-refractivity contribution in [2.24, 2.45) is 0 Å². The molecule has 1 aliphatic rings. The van der Waals surface area contributed by atoms with Gasteiger partial charge in [-0.05, 0) is 19.2 Å². The number of nitriles is 1. The van der Waals surface area contributed by atoms with Crippen LogP contribution in [0.1, 0.15) is 17.8 Å². The predicted octanol–water partition coefficient (Wildman–Crippen LogP) is 1.54. The van der Waals surface area contributed by atoms with Gasteiger partial charge in [0.05, 0.1) is 19.2 Å². The van der Waals surface area contributed by atoms with Gasteiger partial charge in [-0.2, -0.15) is 10.2 Å². The molecule has 3 rings (SSSR count). The quantitative estimate of drug-likeness (QED) is 0.788. The number of hydrogen-bond acceptors (Lipinski definition) is 7. The van der Waals surface area contributed by atoms with Crippen molar-refractivity contribution in [2.45, 2.75) is 12.6 Å². The molecule has 0 N–H and O–H groups in total. The lowest BCUT2D eigenvalue weighted by atomic mass is 10.2. The lowest BCUT2D eigenvalue weighted by molar-refractivity contribution is 0.0665. The van der Waals surface area contributed by atoms with Crippen LogP contribution in [0.25, 0.3) is 0 Å². The summed E-state index contributed by atoms with van der Waals surface area (Å²) in [6.07, 6.45) is -0.414. The molecule has 0 radical (unpaired) electrons. The SMILES string of the molecule is CN(CC#N)Cc1noc(C2COc3ccccc3O2)n1. The van der Waals surface area contributed by atoms with Crippen LogP contribution < -0.4 is 9.47 Å². The molecule has 0 fully saturated rings.